The lowest BCUT2D eigenvalue weighted by atomic mass is 10.3. The Balaban J connectivity index is 1.70. The second-order valence-electron chi connectivity index (χ2n) is 4.80. The minimum atomic E-state index is -0.332. The van der Waals surface area contributed by atoms with E-state index in [2.05, 4.69) is 20.6 Å². The smallest absolute Gasteiger partial charge is 0.235 e. The van der Waals surface area contributed by atoms with Gasteiger partial charge in [-0.25, -0.2) is 9.07 Å². The normalized spacial score (nSPS) is 10.8. The number of aromatic nitrogens is 4. The topological polar surface area (TPSA) is 98.7 Å². The van der Waals surface area contributed by atoms with Crippen LogP contribution in [-0.4, -0.2) is 31.6 Å². The molecule has 0 radical (unpaired) electrons. The number of hydrogen-bond acceptors (Lipinski definition) is 7. The molecule has 3 rings (SSSR count). The average molecular weight is 364 g/mol. The molecule has 0 fully saturated rings. The van der Waals surface area contributed by atoms with Gasteiger partial charge in [-0.15, -0.1) is 10.2 Å². The van der Waals surface area contributed by atoms with Crippen molar-refractivity contribution in [3.8, 4) is 5.69 Å². The summed E-state index contributed by atoms with van der Waals surface area (Å²) in [5.41, 5.74) is 6.89. The molecule has 0 saturated carbocycles. The van der Waals surface area contributed by atoms with Gasteiger partial charge in [0.05, 0.1) is 17.1 Å². The highest BCUT2D eigenvalue weighted by molar-refractivity contribution is 8.01. The Morgan fingerprint density at radius 3 is 2.79 bits per heavy atom. The lowest BCUT2D eigenvalue weighted by Crippen LogP contribution is -2.16. The molecule has 0 bridgehead atoms. The van der Waals surface area contributed by atoms with E-state index in [4.69, 9.17) is 5.73 Å². The maximum atomic E-state index is 13.1. The van der Waals surface area contributed by atoms with Crippen molar-refractivity contribution in [1.29, 1.82) is 0 Å². The van der Waals surface area contributed by atoms with Crippen LogP contribution < -0.4 is 11.1 Å². The maximum Gasteiger partial charge on any atom is 0.235 e. The van der Waals surface area contributed by atoms with Crippen molar-refractivity contribution in [3.63, 3.8) is 0 Å². The first-order valence-electron chi connectivity index (χ1n) is 6.85. The summed E-state index contributed by atoms with van der Waals surface area (Å²) in [5, 5.41) is 15.0. The van der Waals surface area contributed by atoms with Gasteiger partial charge in [-0.3, -0.25) is 4.79 Å². The van der Waals surface area contributed by atoms with Crippen LogP contribution in [-0.2, 0) is 4.79 Å². The van der Waals surface area contributed by atoms with Gasteiger partial charge in [0.1, 0.15) is 11.6 Å². The zero-order chi connectivity index (χ0) is 17.1. The summed E-state index contributed by atoms with van der Waals surface area (Å²) in [6, 6.07) is 7.61. The van der Waals surface area contributed by atoms with Crippen LogP contribution in [0, 0.1) is 12.7 Å². The number of rotatable bonds is 5. The number of thioether (sulfide) groups is 1. The Bertz CT molecular complexity index is 861. The Hall–Kier alpha value is -2.46. The van der Waals surface area contributed by atoms with E-state index in [1.54, 1.807) is 22.9 Å². The quantitative estimate of drug-likeness (QED) is 0.675. The van der Waals surface area contributed by atoms with Crippen LogP contribution in [0.5, 0.6) is 0 Å². The van der Waals surface area contributed by atoms with Crippen LogP contribution in [0.15, 0.2) is 34.7 Å². The third-order valence-corrected chi connectivity index (χ3v) is 4.80. The van der Waals surface area contributed by atoms with Crippen molar-refractivity contribution in [2.24, 2.45) is 0 Å². The summed E-state index contributed by atoms with van der Waals surface area (Å²) >= 11 is 2.48. The van der Waals surface area contributed by atoms with Crippen molar-refractivity contribution in [1.82, 2.24) is 20.0 Å². The molecule has 24 heavy (non-hydrogen) atoms. The number of anilines is 2. The number of carbonyl (C=O) groups excluding carboxylic acids is 1. The van der Waals surface area contributed by atoms with Crippen LogP contribution in [0.2, 0.25) is 0 Å². The molecule has 124 valence electrons. The fourth-order valence-electron chi connectivity index (χ4n) is 1.95. The number of amides is 1. The minimum Gasteiger partial charge on any atom is -0.374 e. The van der Waals surface area contributed by atoms with Crippen LogP contribution in [0.4, 0.5) is 15.3 Å². The summed E-state index contributed by atoms with van der Waals surface area (Å²) in [5.74, 6) is 0.141. The first-order valence-corrected chi connectivity index (χ1v) is 8.66. The summed E-state index contributed by atoms with van der Waals surface area (Å²) in [6.07, 6.45) is 0. The van der Waals surface area contributed by atoms with Crippen LogP contribution in [0.3, 0.4) is 0 Å². The Morgan fingerprint density at radius 1 is 1.38 bits per heavy atom. The van der Waals surface area contributed by atoms with Crippen LogP contribution in [0.1, 0.15) is 5.69 Å². The predicted molar refractivity (Wildman–Crippen MR) is 91.9 cm³/mol. The number of nitrogens with two attached hydrogens (primary N) is 1. The Kier molecular flexibility index (Phi) is 4.76. The maximum absolute atomic E-state index is 13.1. The fraction of sp³-hybridized carbons (Fsp3) is 0.143. The van der Waals surface area contributed by atoms with Gasteiger partial charge in [0, 0.05) is 6.07 Å². The largest absolute Gasteiger partial charge is 0.374 e. The molecule has 10 heteroatoms. The minimum absolute atomic E-state index is 0.169. The fourth-order valence-corrected chi connectivity index (χ4v) is 3.39. The summed E-state index contributed by atoms with van der Waals surface area (Å²) < 4.78 is 15.2. The van der Waals surface area contributed by atoms with Crippen molar-refractivity contribution in [3.05, 3.63) is 41.8 Å². The lowest BCUT2D eigenvalue weighted by molar-refractivity contribution is -0.113. The van der Waals surface area contributed by atoms with E-state index in [0.29, 0.717) is 21.0 Å². The van der Waals surface area contributed by atoms with Crippen LogP contribution in [0.25, 0.3) is 5.69 Å². The number of nitrogens with zero attached hydrogens (tertiary/aromatic N) is 4. The SMILES string of the molecule is Cc1cc(NC(=O)CSc2nnc(N)s2)n(-c2ccc(F)cc2)n1. The molecule has 0 aliphatic carbocycles. The second kappa shape index (κ2) is 6.97. The number of benzene rings is 1. The van der Waals surface area contributed by atoms with E-state index in [9.17, 15) is 9.18 Å². The summed E-state index contributed by atoms with van der Waals surface area (Å²) in [6.45, 7) is 1.81. The third kappa shape index (κ3) is 3.89. The monoisotopic (exact) mass is 364 g/mol. The molecule has 2 heterocycles. The number of nitrogen functional groups attached to an aromatic ring is 1. The molecular weight excluding hydrogens is 351 g/mol. The molecule has 0 aliphatic heterocycles. The standard InChI is InChI=1S/C14H13FN6OS2/c1-8-6-11(21(20-8)10-4-2-9(15)3-5-10)17-12(22)7-23-14-19-18-13(16)24-14/h2-6H,7H2,1H3,(H2,16,18)(H,17,22). The first-order chi connectivity index (χ1) is 11.5. The van der Waals surface area contributed by atoms with Crippen molar-refractivity contribution in [2.45, 2.75) is 11.3 Å². The molecule has 3 N–H and O–H groups in total. The molecular formula is C14H13FN6OS2. The van der Waals surface area contributed by atoms with Crippen LogP contribution >= 0.6 is 23.1 Å². The van der Waals surface area contributed by atoms with Gasteiger partial charge < -0.3 is 11.1 Å². The molecule has 0 spiro atoms. The van der Waals surface area contributed by atoms with Gasteiger partial charge in [-0.05, 0) is 31.2 Å². The molecule has 3 aromatic rings. The van der Waals surface area contributed by atoms with E-state index in [-0.39, 0.29) is 17.5 Å². The average Bonchev–Trinajstić information content (AvgIpc) is 3.12. The Morgan fingerprint density at radius 2 is 2.12 bits per heavy atom. The van der Waals surface area contributed by atoms with Gasteiger partial charge in [0.25, 0.3) is 0 Å². The molecule has 1 amide bonds. The van der Waals surface area contributed by atoms with E-state index in [1.165, 1.54) is 35.2 Å². The summed E-state index contributed by atoms with van der Waals surface area (Å²) in [7, 11) is 0. The van der Waals surface area contributed by atoms with E-state index in [1.807, 2.05) is 6.92 Å². The number of carbonyl (C=O) groups is 1. The van der Waals surface area contributed by atoms with Crippen molar-refractivity contribution < 1.29 is 9.18 Å². The van der Waals surface area contributed by atoms with Crippen molar-refractivity contribution >= 4 is 40.0 Å². The van der Waals surface area contributed by atoms with Gasteiger partial charge in [0.15, 0.2) is 4.34 Å². The van der Waals surface area contributed by atoms with Gasteiger partial charge in [-0.2, -0.15) is 5.10 Å². The van der Waals surface area contributed by atoms with Crippen molar-refractivity contribution in [2.75, 3.05) is 16.8 Å². The highest BCUT2D eigenvalue weighted by Crippen LogP contribution is 2.24. The predicted octanol–water partition coefficient (Wildman–Crippen LogP) is 2.48. The Labute approximate surface area is 145 Å². The highest BCUT2D eigenvalue weighted by Gasteiger charge is 2.12. The molecule has 7 nitrogen and oxygen atoms in total. The number of hydrogen-bond donors (Lipinski definition) is 2. The van der Waals surface area contributed by atoms with Gasteiger partial charge in [0.2, 0.25) is 11.0 Å². The zero-order valence-corrected chi connectivity index (χ0v) is 14.2. The third-order valence-electron chi connectivity index (χ3n) is 2.92. The molecule has 0 atom stereocenters. The van der Waals surface area contributed by atoms with E-state index in [0.717, 1.165) is 5.69 Å². The van der Waals surface area contributed by atoms with E-state index >= 15 is 0 Å². The molecule has 0 saturated heterocycles. The number of halogens is 1. The zero-order valence-electron chi connectivity index (χ0n) is 12.6. The summed E-state index contributed by atoms with van der Waals surface area (Å²) in [4.78, 5) is 12.1. The van der Waals surface area contributed by atoms with Gasteiger partial charge in [-0.1, -0.05) is 23.1 Å². The number of nitrogens with one attached hydrogen (secondary N) is 1. The molecule has 0 aliphatic rings. The lowest BCUT2D eigenvalue weighted by Gasteiger charge is -2.08. The molecule has 2 aromatic heterocycles. The first kappa shape index (κ1) is 16.4. The highest BCUT2D eigenvalue weighted by atomic mass is 32.2. The second-order valence-corrected chi connectivity index (χ2v) is 7.03. The molecule has 0 unspecified atom stereocenters. The van der Waals surface area contributed by atoms with E-state index < -0.39 is 0 Å². The molecule has 1 aromatic carbocycles. The van der Waals surface area contributed by atoms with Gasteiger partial charge >= 0.3 is 0 Å². The number of aryl methyl sites for hydroxylation is 1.